The molecule has 0 spiro atoms. The van der Waals surface area contributed by atoms with Gasteiger partial charge in [-0.1, -0.05) is 0 Å². The number of hydrogen-bond donors (Lipinski definition) is 1. The number of ether oxygens (including phenoxy) is 1. The van der Waals surface area contributed by atoms with E-state index in [1.165, 1.54) is 0 Å². The molecule has 0 aliphatic carbocycles. The molecule has 0 aromatic carbocycles. The summed E-state index contributed by atoms with van der Waals surface area (Å²) < 4.78 is 4.96. The second kappa shape index (κ2) is 5.38. The van der Waals surface area contributed by atoms with Crippen LogP contribution in [0.5, 0.6) is 0 Å². The van der Waals surface area contributed by atoms with Crippen LogP contribution in [-0.2, 0) is 14.3 Å². The normalized spacial score (nSPS) is 12.5. The first-order valence-electron chi connectivity index (χ1n) is 4.45. The van der Waals surface area contributed by atoms with Gasteiger partial charge in [0.05, 0.1) is 12.5 Å². The van der Waals surface area contributed by atoms with Crippen molar-refractivity contribution in [2.24, 2.45) is 5.73 Å². The summed E-state index contributed by atoms with van der Waals surface area (Å²) in [5.74, 6) is -1.18. The van der Waals surface area contributed by atoms with Gasteiger partial charge in [0.1, 0.15) is 5.60 Å². The largest absolute Gasteiger partial charge is 0.460 e. The van der Waals surface area contributed by atoms with Gasteiger partial charge >= 0.3 is 12.2 Å². The van der Waals surface area contributed by atoms with Crippen molar-refractivity contribution in [3.8, 4) is 0 Å². The first-order chi connectivity index (χ1) is 6.76. The fraction of sp³-hybridized carbons (Fsp3) is 0.667. The summed E-state index contributed by atoms with van der Waals surface area (Å²) >= 11 is 0. The summed E-state index contributed by atoms with van der Waals surface area (Å²) in [6.45, 7) is 5.15. The lowest BCUT2D eigenvalue weighted by molar-refractivity contribution is -0.155. The lowest BCUT2D eigenvalue weighted by Gasteiger charge is -2.20. The van der Waals surface area contributed by atoms with Crippen LogP contribution >= 0.6 is 0 Å². The standard InChI is InChI=1S/C9H15N3O3/c1-9(2,3)15-8(14)4-6(10)7(13)5-12-11/h5-6H,4,10H2,1-3H3/t6-/m0/s1. The fourth-order valence-electron chi connectivity index (χ4n) is 0.816. The minimum atomic E-state index is -1.03. The Morgan fingerprint density at radius 2 is 2.07 bits per heavy atom. The highest BCUT2D eigenvalue weighted by molar-refractivity contribution is 6.28. The summed E-state index contributed by atoms with van der Waals surface area (Å²) in [7, 11) is 0. The molecule has 0 aromatic rings. The van der Waals surface area contributed by atoms with Crippen molar-refractivity contribution in [1.82, 2.24) is 0 Å². The first kappa shape index (κ1) is 13.5. The SMILES string of the molecule is CC(C)(C)OC(=O)C[C@H](N)C(=O)C=[N+]=[N-]. The van der Waals surface area contributed by atoms with E-state index in [-0.39, 0.29) is 6.42 Å². The van der Waals surface area contributed by atoms with Gasteiger partial charge in [-0.2, -0.15) is 4.79 Å². The Bertz CT molecular complexity index is 300. The molecule has 0 saturated carbocycles. The van der Waals surface area contributed by atoms with Crippen LogP contribution in [-0.4, -0.2) is 34.4 Å². The number of hydrogen-bond acceptors (Lipinski definition) is 4. The molecule has 0 rings (SSSR count). The Labute approximate surface area is 88.0 Å². The molecule has 0 radical (unpaired) electrons. The summed E-state index contributed by atoms with van der Waals surface area (Å²) in [6.07, 6.45) is 0.428. The number of carbonyl (C=O) groups excluding carboxylic acids is 2. The Kier molecular flexibility index (Phi) is 4.84. The third-order valence-corrected chi connectivity index (χ3v) is 1.36. The predicted octanol–water partition coefficient (Wildman–Crippen LogP) is -0.0848. The molecule has 0 aliphatic heterocycles. The van der Waals surface area contributed by atoms with Crippen LogP contribution in [0.25, 0.3) is 5.53 Å². The molecule has 0 fully saturated rings. The highest BCUT2D eigenvalue weighted by atomic mass is 16.6. The molecule has 6 heteroatoms. The number of carbonyl (C=O) groups is 2. The molecule has 2 N–H and O–H groups in total. The number of nitrogens with zero attached hydrogens (tertiary/aromatic N) is 2. The third kappa shape index (κ3) is 6.54. The Morgan fingerprint density at radius 3 is 2.47 bits per heavy atom. The molecule has 0 aliphatic rings. The van der Waals surface area contributed by atoms with Crippen LogP contribution in [0, 0.1) is 0 Å². The van der Waals surface area contributed by atoms with Gasteiger partial charge in [0.25, 0.3) is 5.78 Å². The number of rotatable bonds is 4. The van der Waals surface area contributed by atoms with E-state index >= 15 is 0 Å². The van der Waals surface area contributed by atoms with Crippen molar-refractivity contribution in [2.75, 3.05) is 0 Å². The second-order valence-electron chi connectivity index (χ2n) is 4.04. The molecule has 1 atom stereocenters. The monoisotopic (exact) mass is 213 g/mol. The first-order valence-corrected chi connectivity index (χ1v) is 4.45. The lowest BCUT2D eigenvalue weighted by atomic mass is 10.1. The van der Waals surface area contributed by atoms with E-state index in [0.717, 1.165) is 0 Å². The molecule has 0 aromatic heterocycles. The van der Waals surface area contributed by atoms with Crippen molar-refractivity contribution in [3.05, 3.63) is 5.53 Å². The van der Waals surface area contributed by atoms with Crippen molar-refractivity contribution in [2.45, 2.75) is 38.8 Å². The van der Waals surface area contributed by atoms with E-state index in [9.17, 15) is 9.59 Å². The fourth-order valence-corrected chi connectivity index (χ4v) is 0.816. The van der Waals surface area contributed by atoms with Crippen LogP contribution in [0.15, 0.2) is 0 Å². The van der Waals surface area contributed by atoms with E-state index in [1.54, 1.807) is 20.8 Å². The maximum absolute atomic E-state index is 11.2. The maximum atomic E-state index is 11.2. The summed E-state index contributed by atoms with van der Waals surface area (Å²) in [5, 5.41) is 0. The van der Waals surface area contributed by atoms with Crippen molar-refractivity contribution >= 4 is 18.0 Å². The number of esters is 1. The topological polar surface area (TPSA) is 106 Å². The zero-order chi connectivity index (χ0) is 12.1. The van der Waals surface area contributed by atoms with Crippen LogP contribution in [0.3, 0.4) is 0 Å². The average molecular weight is 213 g/mol. The van der Waals surface area contributed by atoms with E-state index in [2.05, 4.69) is 4.79 Å². The zero-order valence-electron chi connectivity index (χ0n) is 9.06. The van der Waals surface area contributed by atoms with Crippen molar-refractivity contribution in [3.63, 3.8) is 0 Å². The number of ketones is 1. The Hall–Kier alpha value is -1.52. The highest BCUT2D eigenvalue weighted by Crippen LogP contribution is 2.08. The molecule has 0 amide bonds. The van der Waals surface area contributed by atoms with Crippen molar-refractivity contribution < 1.29 is 19.1 Å². The van der Waals surface area contributed by atoms with E-state index in [0.29, 0.717) is 6.21 Å². The van der Waals surface area contributed by atoms with Crippen molar-refractivity contribution in [1.29, 1.82) is 0 Å². The van der Waals surface area contributed by atoms with E-state index in [1.807, 2.05) is 0 Å². The van der Waals surface area contributed by atoms with Gasteiger partial charge in [-0.05, 0) is 20.8 Å². The lowest BCUT2D eigenvalue weighted by Crippen LogP contribution is -2.36. The zero-order valence-corrected chi connectivity index (χ0v) is 9.06. The van der Waals surface area contributed by atoms with Gasteiger partial charge in [-0.25, -0.2) is 0 Å². The number of Topliss-reactive ketones (excluding diaryl/α,β-unsaturated/α-hetero) is 1. The smallest absolute Gasteiger partial charge is 0.324 e. The summed E-state index contributed by atoms with van der Waals surface area (Å²) in [5.41, 5.74) is 12.8. The number of nitrogens with two attached hydrogens (primary N) is 1. The van der Waals surface area contributed by atoms with Gasteiger partial charge in [0.15, 0.2) is 0 Å². The highest BCUT2D eigenvalue weighted by Gasteiger charge is 2.23. The van der Waals surface area contributed by atoms with Gasteiger partial charge in [0, 0.05) is 0 Å². The molecular weight excluding hydrogens is 198 g/mol. The summed E-state index contributed by atoms with van der Waals surface area (Å²) in [4.78, 5) is 24.8. The van der Waals surface area contributed by atoms with E-state index in [4.69, 9.17) is 16.0 Å². The molecule has 0 heterocycles. The van der Waals surface area contributed by atoms with Crippen LogP contribution in [0.2, 0.25) is 0 Å². The van der Waals surface area contributed by atoms with Crippen LogP contribution < -0.4 is 5.73 Å². The second-order valence-corrected chi connectivity index (χ2v) is 4.04. The minimum absolute atomic E-state index is 0.234. The van der Waals surface area contributed by atoms with E-state index < -0.39 is 23.4 Å². The Morgan fingerprint density at radius 1 is 1.53 bits per heavy atom. The molecule has 0 saturated heterocycles. The summed E-state index contributed by atoms with van der Waals surface area (Å²) in [6, 6.07) is -1.03. The minimum Gasteiger partial charge on any atom is -0.460 e. The molecule has 6 nitrogen and oxygen atoms in total. The maximum Gasteiger partial charge on any atom is 0.324 e. The van der Waals surface area contributed by atoms with Gasteiger partial charge < -0.3 is 16.0 Å². The van der Waals surface area contributed by atoms with Crippen LogP contribution in [0.1, 0.15) is 27.2 Å². The van der Waals surface area contributed by atoms with Gasteiger partial charge in [-0.3, -0.25) is 9.59 Å². The Balaban J connectivity index is 4.19. The quantitative estimate of drug-likeness (QED) is 0.305. The van der Waals surface area contributed by atoms with Gasteiger partial charge in [0.2, 0.25) is 0 Å². The molecular formula is C9H15N3O3. The van der Waals surface area contributed by atoms with Crippen LogP contribution in [0.4, 0.5) is 0 Å². The molecule has 0 unspecified atom stereocenters. The third-order valence-electron chi connectivity index (χ3n) is 1.36. The van der Waals surface area contributed by atoms with Gasteiger partial charge in [-0.15, -0.1) is 0 Å². The molecule has 0 bridgehead atoms. The molecule has 15 heavy (non-hydrogen) atoms. The molecule has 84 valence electrons. The predicted molar refractivity (Wildman–Crippen MR) is 53.1 cm³/mol. The average Bonchev–Trinajstić information content (AvgIpc) is 2.00.